The first-order valence-corrected chi connectivity index (χ1v) is 4.69. The molecule has 4 heteroatoms. The van der Waals surface area contributed by atoms with E-state index in [-0.39, 0.29) is 18.0 Å². The molecule has 0 aromatic rings. The van der Waals surface area contributed by atoms with Crippen LogP contribution in [0.4, 0.5) is 0 Å². The molecule has 0 radical (unpaired) electrons. The summed E-state index contributed by atoms with van der Waals surface area (Å²) in [5.41, 5.74) is -0.199. The molecule has 1 fully saturated rings. The highest BCUT2D eigenvalue weighted by molar-refractivity contribution is 5.78. The van der Waals surface area contributed by atoms with Crippen LogP contribution in [0.5, 0.6) is 0 Å². The normalized spacial score (nSPS) is 25.7. The number of ether oxygens (including phenoxy) is 1. The summed E-state index contributed by atoms with van der Waals surface area (Å²) in [6.45, 7) is 3.97. The molecular weight excluding hydrogens is 180 g/mol. The first-order valence-electron chi connectivity index (χ1n) is 4.69. The number of rotatable bonds is 4. The fraction of sp³-hybridized carbons (Fsp3) is 0.700. The molecule has 0 bridgehead atoms. The molecule has 0 aromatic heterocycles. The fourth-order valence-corrected chi connectivity index (χ4v) is 1.39. The molecule has 1 aliphatic heterocycles. The summed E-state index contributed by atoms with van der Waals surface area (Å²) >= 11 is 0. The van der Waals surface area contributed by atoms with Crippen LogP contribution in [0.15, 0.2) is 0 Å². The van der Waals surface area contributed by atoms with Crippen LogP contribution in [0.1, 0.15) is 13.3 Å². The zero-order chi connectivity index (χ0) is 10.4. The molecule has 1 atom stereocenters. The molecule has 1 heterocycles. The van der Waals surface area contributed by atoms with Crippen LogP contribution in [0, 0.1) is 12.3 Å². The van der Waals surface area contributed by atoms with E-state index in [9.17, 15) is 4.79 Å². The molecule has 4 nitrogen and oxygen atoms in total. The maximum Gasteiger partial charge on any atom is 0.234 e. The largest absolute Gasteiger partial charge is 0.379 e. The summed E-state index contributed by atoms with van der Waals surface area (Å²) in [7, 11) is 0. The molecule has 0 saturated carbocycles. The van der Waals surface area contributed by atoms with E-state index in [0.717, 1.165) is 6.42 Å². The van der Waals surface area contributed by atoms with Gasteiger partial charge in [0.15, 0.2) is 0 Å². The van der Waals surface area contributed by atoms with Crippen molar-refractivity contribution in [1.29, 1.82) is 0 Å². The van der Waals surface area contributed by atoms with E-state index >= 15 is 0 Å². The van der Waals surface area contributed by atoms with Gasteiger partial charge in [0.25, 0.3) is 0 Å². The van der Waals surface area contributed by atoms with Crippen LogP contribution in [0.25, 0.3) is 0 Å². The van der Waals surface area contributed by atoms with Gasteiger partial charge in [-0.2, -0.15) is 0 Å². The number of hydrogen-bond donors (Lipinski definition) is 2. The zero-order valence-corrected chi connectivity index (χ0v) is 8.43. The van der Waals surface area contributed by atoms with Gasteiger partial charge in [-0.25, -0.2) is 0 Å². The highest BCUT2D eigenvalue weighted by Crippen LogP contribution is 2.16. The standard InChI is InChI=1S/C10H16N2O2/c1-3-5-11-7-9(13)12-10(2)4-6-14-8-10/h1,11H,4-8H2,2H3,(H,12,13). The SMILES string of the molecule is C#CCNCC(=O)NC1(C)CCOC1. The van der Waals surface area contributed by atoms with E-state index < -0.39 is 0 Å². The molecule has 1 unspecified atom stereocenters. The third kappa shape index (κ3) is 3.36. The number of terminal acetylenes is 1. The van der Waals surface area contributed by atoms with Gasteiger partial charge in [0.05, 0.1) is 25.2 Å². The zero-order valence-electron chi connectivity index (χ0n) is 8.43. The number of carbonyl (C=O) groups is 1. The second-order valence-electron chi connectivity index (χ2n) is 3.72. The van der Waals surface area contributed by atoms with Crippen LogP contribution in [-0.4, -0.2) is 37.7 Å². The van der Waals surface area contributed by atoms with Gasteiger partial charge in [-0.15, -0.1) is 6.42 Å². The minimum atomic E-state index is -0.199. The van der Waals surface area contributed by atoms with Gasteiger partial charge in [0.2, 0.25) is 5.91 Å². The maximum atomic E-state index is 11.4. The summed E-state index contributed by atoms with van der Waals surface area (Å²) in [5.74, 6) is 2.38. The third-order valence-corrected chi connectivity index (χ3v) is 2.17. The Bertz CT molecular complexity index is 239. The molecule has 0 aromatic carbocycles. The highest BCUT2D eigenvalue weighted by Gasteiger charge is 2.30. The number of hydrogen-bond acceptors (Lipinski definition) is 3. The first-order chi connectivity index (χ1) is 6.66. The summed E-state index contributed by atoms with van der Waals surface area (Å²) in [6.07, 6.45) is 5.91. The van der Waals surface area contributed by atoms with Crippen molar-refractivity contribution in [2.75, 3.05) is 26.3 Å². The topological polar surface area (TPSA) is 50.4 Å². The number of nitrogens with one attached hydrogen (secondary N) is 2. The Kier molecular flexibility index (Phi) is 3.93. The molecule has 1 aliphatic rings. The van der Waals surface area contributed by atoms with Crippen molar-refractivity contribution in [2.24, 2.45) is 0 Å². The van der Waals surface area contributed by atoms with Gasteiger partial charge >= 0.3 is 0 Å². The average Bonchev–Trinajstić information content (AvgIpc) is 2.52. The minimum absolute atomic E-state index is 0.0340. The molecule has 2 N–H and O–H groups in total. The second-order valence-corrected chi connectivity index (χ2v) is 3.72. The van der Waals surface area contributed by atoms with Crippen LogP contribution in [0.2, 0.25) is 0 Å². The lowest BCUT2D eigenvalue weighted by Gasteiger charge is -2.23. The van der Waals surface area contributed by atoms with Crippen molar-refractivity contribution in [3.8, 4) is 12.3 Å². The number of amides is 1. The monoisotopic (exact) mass is 196 g/mol. The van der Waals surface area contributed by atoms with Gasteiger partial charge in [0.1, 0.15) is 0 Å². The van der Waals surface area contributed by atoms with E-state index in [1.54, 1.807) is 0 Å². The van der Waals surface area contributed by atoms with Crippen molar-refractivity contribution >= 4 is 5.91 Å². The fourth-order valence-electron chi connectivity index (χ4n) is 1.39. The Balaban J connectivity index is 2.23. The summed E-state index contributed by atoms with van der Waals surface area (Å²) < 4.78 is 5.22. The lowest BCUT2D eigenvalue weighted by molar-refractivity contribution is -0.122. The van der Waals surface area contributed by atoms with Crippen molar-refractivity contribution in [3.63, 3.8) is 0 Å². The van der Waals surface area contributed by atoms with Gasteiger partial charge in [-0.3, -0.25) is 10.1 Å². The highest BCUT2D eigenvalue weighted by atomic mass is 16.5. The van der Waals surface area contributed by atoms with E-state index in [1.807, 2.05) is 6.92 Å². The Hall–Kier alpha value is -1.05. The lowest BCUT2D eigenvalue weighted by Crippen LogP contribution is -2.49. The molecular formula is C10H16N2O2. The summed E-state index contributed by atoms with van der Waals surface area (Å²) in [4.78, 5) is 11.4. The molecule has 14 heavy (non-hydrogen) atoms. The Morgan fingerprint density at radius 3 is 3.07 bits per heavy atom. The second kappa shape index (κ2) is 4.99. The summed E-state index contributed by atoms with van der Waals surface area (Å²) in [6, 6.07) is 0. The van der Waals surface area contributed by atoms with Crippen LogP contribution < -0.4 is 10.6 Å². The van der Waals surface area contributed by atoms with E-state index in [1.165, 1.54) is 0 Å². The molecule has 1 saturated heterocycles. The van der Waals surface area contributed by atoms with Gasteiger partial charge in [-0.1, -0.05) is 5.92 Å². The van der Waals surface area contributed by atoms with Crippen molar-refractivity contribution in [3.05, 3.63) is 0 Å². The molecule has 0 aliphatic carbocycles. The van der Waals surface area contributed by atoms with Crippen molar-refractivity contribution in [1.82, 2.24) is 10.6 Å². The molecule has 1 amide bonds. The van der Waals surface area contributed by atoms with E-state index in [0.29, 0.717) is 19.8 Å². The van der Waals surface area contributed by atoms with Crippen LogP contribution in [-0.2, 0) is 9.53 Å². The predicted octanol–water partition coefficient (Wildman–Crippen LogP) is -0.496. The Labute approximate surface area is 84.4 Å². The van der Waals surface area contributed by atoms with Crippen LogP contribution >= 0.6 is 0 Å². The van der Waals surface area contributed by atoms with Gasteiger partial charge < -0.3 is 10.1 Å². The Morgan fingerprint density at radius 1 is 1.71 bits per heavy atom. The van der Waals surface area contributed by atoms with Gasteiger partial charge in [0, 0.05) is 6.61 Å². The third-order valence-electron chi connectivity index (χ3n) is 2.17. The quantitative estimate of drug-likeness (QED) is 0.471. The molecule has 0 spiro atoms. The summed E-state index contributed by atoms with van der Waals surface area (Å²) in [5, 5.41) is 5.76. The van der Waals surface area contributed by atoms with Gasteiger partial charge in [-0.05, 0) is 13.3 Å². The minimum Gasteiger partial charge on any atom is -0.379 e. The van der Waals surface area contributed by atoms with E-state index in [4.69, 9.17) is 11.2 Å². The smallest absolute Gasteiger partial charge is 0.234 e. The first kappa shape index (κ1) is 11.0. The Morgan fingerprint density at radius 2 is 2.50 bits per heavy atom. The lowest BCUT2D eigenvalue weighted by atomic mass is 10.0. The predicted molar refractivity (Wildman–Crippen MR) is 53.7 cm³/mol. The number of carbonyl (C=O) groups excluding carboxylic acids is 1. The maximum absolute atomic E-state index is 11.4. The molecule has 1 rings (SSSR count). The van der Waals surface area contributed by atoms with E-state index in [2.05, 4.69) is 16.6 Å². The van der Waals surface area contributed by atoms with Crippen molar-refractivity contribution in [2.45, 2.75) is 18.9 Å². The van der Waals surface area contributed by atoms with Crippen molar-refractivity contribution < 1.29 is 9.53 Å². The average molecular weight is 196 g/mol. The molecule has 78 valence electrons. The van der Waals surface area contributed by atoms with Crippen LogP contribution in [0.3, 0.4) is 0 Å².